The molecule has 0 saturated carbocycles. The molecule has 1 aromatic carbocycles. The van der Waals surface area contributed by atoms with Crippen LogP contribution in [-0.4, -0.2) is 54.9 Å². The SMILES string of the molecule is Cc1noc(C)c1S(=O)(=O)N1CCN(C(=O)CCc2cccc(Br)c2)CC1. The highest BCUT2D eigenvalue weighted by molar-refractivity contribution is 9.10. The summed E-state index contributed by atoms with van der Waals surface area (Å²) in [5, 5.41) is 3.73. The van der Waals surface area contributed by atoms with Gasteiger partial charge in [0.05, 0.1) is 0 Å². The van der Waals surface area contributed by atoms with Gasteiger partial charge in [0.2, 0.25) is 15.9 Å². The first-order valence-electron chi connectivity index (χ1n) is 8.74. The third kappa shape index (κ3) is 4.41. The van der Waals surface area contributed by atoms with Gasteiger partial charge in [0.15, 0.2) is 5.76 Å². The molecule has 2 heterocycles. The summed E-state index contributed by atoms with van der Waals surface area (Å²) in [6, 6.07) is 7.89. The van der Waals surface area contributed by atoms with E-state index in [0.29, 0.717) is 37.4 Å². The fraction of sp³-hybridized carbons (Fsp3) is 0.444. The average molecular weight is 456 g/mol. The lowest BCUT2D eigenvalue weighted by atomic mass is 10.1. The number of halogens is 1. The predicted molar refractivity (Wildman–Crippen MR) is 104 cm³/mol. The van der Waals surface area contributed by atoms with Crippen LogP contribution in [0.25, 0.3) is 0 Å². The summed E-state index contributed by atoms with van der Waals surface area (Å²) < 4.78 is 33.0. The van der Waals surface area contributed by atoms with Gasteiger partial charge in [-0.05, 0) is 38.0 Å². The maximum absolute atomic E-state index is 12.8. The van der Waals surface area contributed by atoms with Gasteiger partial charge < -0.3 is 9.42 Å². The molecule has 1 amide bonds. The van der Waals surface area contributed by atoms with E-state index in [-0.39, 0.29) is 23.9 Å². The van der Waals surface area contributed by atoms with E-state index in [1.165, 1.54) is 4.31 Å². The number of aryl methyl sites for hydroxylation is 3. The fourth-order valence-electron chi connectivity index (χ4n) is 3.25. The van der Waals surface area contributed by atoms with Gasteiger partial charge >= 0.3 is 0 Å². The molecule has 1 aliphatic heterocycles. The monoisotopic (exact) mass is 455 g/mol. The summed E-state index contributed by atoms with van der Waals surface area (Å²) in [6.07, 6.45) is 1.07. The smallest absolute Gasteiger partial charge is 0.248 e. The molecule has 0 unspecified atom stereocenters. The van der Waals surface area contributed by atoms with Gasteiger partial charge in [-0.25, -0.2) is 8.42 Å². The van der Waals surface area contributed by atoms with Crippen LogP contribution >= 0.6 is 15.9 Å². The summed E-state index contributed by atoms with van der Waals surface area (Å²) in [4.78, 5) is 14.3. The maximum atomic E-state index is 12.8. The van der Waals surface area contributed by atoms with Crippen molar-refractivity contribution < 1.29 is 17.7 Å². The second-order valence-corrected chi connectivity index (χ2v) is 9.36. The summed E-state index contributed by atoms with van der Waals surface area (Å²) >= 11 is 3.43. The first-order valence-corrected chi connectivity index (χ1v) is 11.0. The van der Waals surface area contributed by atoms with E-state index in [9.17, 15) is 13.2 Å². The van der Waals surface area contributed by atoms with Crippen molar-refractivity contribution in [1.29, 1.82) is 0 Å². The van der Waals surface area contributed by atoms with Crippen LogP contribution in [-0.2, 0) is 21.2 Å². The van der Waals surface area contributed by atoms with Crippen molar-refractivity contribution in [3.8, 4) is 0 Å². The highest BCUT2D eigenvalue weighted by atomic mass is 79.9. The molecule has 0 aliphatic carbocycles. The number of piperazine rings is 1. The topological polar surface area (TPSA) is 83.7 Å². The van der Waals surface area contributed by atoms with Gasteiger partial charge in [-0.3, -0.25) is 4.79 Å². The zero-order valence-corrected chi connectivity index (χ0v) is 17.7. The van der Waals surface area contributed by atoms with Crippen LogP contribution in [0.1, 0.15) is 23.4 Å². The van der Waals surface area contributed by atoms with E-state index in [0.717, 1.165) is 10.0 Å². The summed E-state index contributed by atoms with van der Waals surface area (Å²) in [5.41, 5.74) is 1.46. The van der Waals surface area contributed by atoms with Gasteiger partial charge in [0.1, 0.15) is 10.6 Å². The minimum atomic E-state index is -3.66. The average Bonchev–Trinajstić information content (AvgIpc) is 2.99. The van der Waals surface area contributed by atoms with Crippen LogP contribution in [0.2, 0.25) is 0 Å². The van der Waals surface area contributed by atoms with Crippen molar-refractivity contribution in [3.05, 3.63) is 45.8 Å². The van der Waals surface area contributed by atoms with E-state index < -0.39 is 10.0 Å². The Balaban J connectivity index is 1.57. The van der Waals surface area contributed by atoms with Crippen molar-refractivity contribution >= 4 is 31.9 Å². The molecular weight excluding hydrogens is 434 g/mol. The molecule has 1 saturated heterocycles. The molecule has 3 rings (SSSR count). The van der Waals surface area contributed by atoms with E-state index >= 15 is 0 Å². The Kier molecular flexibility index (Phi) is 6.02. The molecule has 1 aromatic heterocycles. The standard InChI is InChI=1S/C18H22BrN3O4S/c1-13-18(14(2)26-20-13)27(24,25)22-10-8-21(9-11-22)17(23)7-6-15-4-3-5-16(19)12-15/h3-5,12H,6-11H2,1-2H3. The molecule has 2 aromatic rings. The van der Waals surface area contributed by atoms with E-state index in [2.05, 4.69) is 21.1 Å². The second-order valence-electron chi connectivity index (χ2n) is 6.57. The molecule has 9 heteroatoms. The number of amides is 1. The molecule has 0 atom stereocenters. The van der Waals surface area contributed by atoms with Gasteiger partial charge in [-0.2, -0.15) is 4.31 Å². The second kappa shape index (κ2) is 8.12. The Bertz CT molecular complexity index is 914. The number of benzene rings is 1. The number of aromatic nitrogens is 1. The first kappa shape index (κ1) is 20.0. The Morgan fingerprint density at radius 3 is 2.52 bits per heavy atom. The Morgan fingerprint density at radius 2 is 1.93 bits per heavy atom. The molecule has 7 nitrogen and oxygen atoms in total. The normalized spacial score (nSPS) is 15.9. The predicted octanol–water partition coefficient (Wildman–Crippen LogP) is 2.52. The summed E-state index contributed by atoms with van der Waals surface area (Å²) in [6.45, 7) is 4.53. The van der Waals surface area contributed by atoms with Crippen LogP contribution in [0.3, 0.4) is 0 Å². The number of hydrogen-bond acceptors (Lipinski definition) is 5. The molecule has 27 heavy (non-hydrogen) atoms. The van der Waals surface area contributed by atoms with Crippen molar-refractivity contribution in [3.63, 3.8) is 0 Å². The van der Waals surface area contributed by atoms with Gasteiger partial charge in [0.25, 0.3) is 0 Å². The van der Waals surface area contributed by atoms with E-state index in [1.54, 1.807) is 18.7 Å². The summed E-state index contributed by atoms with van der Waals surface area (Å²) in [5.74, 6) is 0.337. The summed E-state index contributed by atoms with van der Waals surface area (Å²) in [7, 11) is -3.66. The molecule has 0 N–H and O–H groups in total. The molecule has 0 bridgehead atoms. The highest BCUT2D eigenvalue weighted by Gasteiger charge is 2.34. The largest absolute Gasteiger partial charge is 0.360 e. The number of sulfonamides is 1. The van der Waals surface area contributed by atoms with Gasteiger partial charge in [-0.15, -0.1) is 0 Å². The van der Waals surface area contributed by atoms with Crippen molar-refractivity contribution in [1.82, 2.24) is 14.4 Å². The van der Waals surface area contributed by atoms with Gasteiger partial charge in [-0.1, -0.05) is 33.2 Å². The zero-order valence-electron chi connectivity index (χ0n) is 15.3. The quantitative estimate of drug-likeness (QED) is 0.691. The maximum Gasteiger partial charge on any atom is 0.248 e. The number of rotatable bonds is 5. The van der Waals surface area contributed by atoms with Gasteiger partial charge in [0, 0.05) is 37.1 Å². The molecule has 1 fully saturated rings. The minimum Gasteiger partial charge on any atom is -0.360 e. The van der Waals surface area contributed by atoms with Crippen molar-refractivity contribution in [2.45, 2.75) is 31.6 Å². The fourth-order valence-corrected chi connectivity index (χ4v) is 5.41. The minimum absolute atomic E-state index is 0.0457. The third-order valence-corrected chi connectivity index (χ3v) is 7.31. The number of carbonyl (C=O) groups is 1. The highest BCUT2D eigenvalue weighted by Crippen LogP contribution is 2.24. The van der Waals surface area contributed by atoms with Crippen LogP contribution in [0, 0.1) is 13.8 Å². The van der Waals surface area contributed by atoms with Crippen molar-refractivity contribution in [2.24, 2.45) is 0 Å². The Morgan fingerprint density at radius 1 is 1.22 bits per heavy atom. The van der Waals surface area contributed by atoms with E-state index in [4.69, 9.17) is 4.52 Å². The number of carbonyl (C=O) groups excluding carboxylic acids is 1. The Hall–Kier alpha value is -1.71. The van der Waals surface area contributed by atoms with Crippen LogP contribution in [0.5, 0.6) is 0 Å². The number of nitrogens with zero attached hydrogens (tertiary/aromatic N) is 3. The van der Waals surface area contributed by atoms with Crippen LogP contribution < -0.4 is 0 Å². The lowest BCUT2D eigenvalue weighted by Gasteiger charge is -2.34. The molecule has 1 aliphatic rings. The first-order chi connectivity index (χ1) is 12.8. The molecule has 146 valence electrons. The van der Waals surface area contributed by atoms with E-state index in [1.807, 2.05) is 24.3 Å². The van der Waals surface area contributed by atoms with Crippen LogP contribution in [0.15, 0.2) is 38.2 Å². The lowest BCUT2D eigenvalue weighted by Crippen LogP contribution is -2.50. The molecule has 0 spiro atoms. The number of hydrogen-bond donors (Lipinski definition) is 0. The zero-order chi connectivity index (χ0) is 19.6. The molecule has 0 radical (unpaired) electrons. The Labute approximate surface area is 167 Å². The van der Waals surface area contributed by atoms with Crippen LogP contribution in [0.4, 0.5) is 0 Å². The molecular formula is C18H22BrN3O4S. The lowest BCUT2D eigenvalue weighted by molar-refractivity contribution is -0.132. The third-order valence-electron chi connectivity index (χ3n) is 4.67. The van der Waals surface area contributed by atoms with Crippen molar-refractivity contribution in [2.75, 3.05) is 26.2 Å².